The van der Waals surface area contributed by atoms with Gasteiger partial charge in [0.1, 0.15) is 0 Å². The second-order valence-corrected chi connectivity index (χ2v) is 11.6. The van der Waals surface area contributed by atoms with Crippen LogP contribution in [-0.2, 0) is 12.8 Å². The normalized spacial score (nSPS) is 16.2. The minimum absolute atomic E-state index is 0.0299. The van der Waals surface area contributed by atoms with Crippen molar-refractivity contribution < 1.29 is 0 Å². The zero-order valence-electron chi connectivity index (χ0n) is 24.6. The number of benzene rings is 5. The van der Waals surface area contributed by atoms with Crippen molar-refractivity contribution in [1.82, 2.24) is 9.69 Å². The first-order valence-corrected chi connectivity index (χ1v) is 15.2. The number of aromatic nitrogens is 1. The predicted octanol–water partition coefficient (Wildman–Crippen LogP) is 8.26. The van der Waals surface area contributed by atoms with Crippen LogP contribution in [0.3, 0.4) is 0 Å². The molecule has 0 spiro atoms. The van der Waals surface area contributed by atoms with E-state index in [1.165, 1.54) is 33.4 Å². The molecule has 0 amide bonds. The fourth-order valence-corrected chi connectivity index (χ4v) is 6.73. The molecule has 0 saturated heterocycles. The third-order valence-electron chi connectivity index (χ3n) is 8.74. The number of hydrogen-bond acceptors (Lipinski definition) is 3. The largest absolute Gasteiger partial charge is 0.339 e. The molecule has 1 aliphatic heterocycles. The van der Waals surface area contributed by atoms with Gasteiger partial charge in [-0.05, 0) is 51.4 Å². The van der Waals surface area contributed by atoms with Gasteiger partial charge in [-0.3, -0.25) is 4.68 Å². The Morgan fingerprint density at radius 2 is 1.14 bits per heavy atom. The van der Waals surface area contributed by atoms with E-state index in [1.54, 1.807) is 4.68 Å². The molecule has 0 fully saturated rings. The smallest absolute Gasteiger partial charge is 0.0767 e. The van der Waals surface area contributed by atoms with Crippen LogP contribution in [0.2, 0.25) is 0 Å². The lowest BCUT2D eigenvalue weighted by atomic mass is 9.82. The number of nitrogen functional groups attached to an aromatic ring is 1. The Labute approximate surface area is 259 Å². The van der Waals surface area contributed by atoms with E-state index in [2.05, 4.69) is 152 Å². The Morgan fingerprint density at radius 1 is 0.568 bits per heavy atom. The molecule has 6 aromatic rings. The number of nitrogens with zero attached hydrogens (tertiary/aromatic N) is 2. The Morgan fingerprint density at radius 3 is 1.80 bits per heavy atom. The molecule has 0 saturated carbocycles. The van der Waals surface area contributed by atoms with Crippen molar-refractivity contribution in [2.45, 2.75) is 18.9 Å². The molecule has 1 aliphatic rings. The van der Waals surface area contributed by atoms with E-state index >= 15 is 0 Å². The molecule has 1 aromatic heterocycles. The van der Waals surface area contributed by atoms with Crippen LogP contribution < -0.4 is 11.7 Å². The second kappa shape index (κ2) is 12.1. The Hall–Kier alpha value is -5.32. The molecule has 0 radical (unpaired) electrons. The van der Waals surface area contributed by atoms with Gasteiger partial charge < -0.3 is 10.9 Å². The first kappa shape index (κ1) is 27.5. The molecule has 4 N–H and O–H groups in total. The lowest BCUT2D eigenvalue weighted by Gasteiger charge is -2.28. The average molecular weight is 573 g/mol. The van der Waals surface area contributed by atoms with Gasteiger partial charge in [0.2, 0.25) is 0 Å². The number of hydrazine groups is 1. The third-order valence-corrected chi connectivity index (χ3v) is 8.74. The van der Waals surface area contributed by atoms with Gasteiger partial charge in [0, 0.05) is 35.9 Å². The molecule has 5 aromatic carbocycles. The molecule has 7 rings (SSSR count). The number of hydrogen-bond donors (Lipinski definition) is 2. The number of nitrogens with two attached hydrogens (primary N) is 2. The van der Waals surface area contributed by atoms with Crippen molar-refractivity contribution in [1.29, 1.82) is 0 Å². The van der Waals surface area contributed by atoms with Crippen LogP contribution in [0.25, 0.3) is 28.0 Å². The predicted molar refractivity (Wildman–Crippen MR) is 182 cm³/mol. The van der Waals surface area contributed by atoms with Gasteiger partial charge in [-0.15, -0.1) is 0 Å². The summed E-state index contributed by atoms with van der Waals surface area (Å²) in [6, 6.07) is 51.2. The highest BCUT2D eigenvalue weighted by molar-refractivity contribution is 5.79. The summed E-state index contributed by atoms with van der Waals surface area (Å²) in [7, 11) is 0. The van der Waals surface area contributed by atoms with Crippen molar-refractivity contribution in [3.8, 4) is 22.4 Å². The van der Waals surface area contributed by atoms with Crippen LogP contribution in [-0.4, -0.2) is 9.69 Å². The van der Waals surface area contributed by atoms with Crippen LogP contribution in [0.1, 0.15) is 33.9 Å². The van der Waals surface area contributed by atoms with Crippen LogP contribution in [0.15, 0.2) is 158 Å². The first-order valence-electron chi connectivity index (χ1n) is 15.2. The van der Waals surface area contributed by atoms with E-state index in [4.69, 9.17) is 11.7 Å². The fourth-order valence-electron chi connectivity index (χ4n) is 6.73. The van der Waals surface area contributed by atoms with E-state index in [9.17, 15) is 0 Å². The molecular formula is C40H36N4. The van der Waals surface area contributed by atoms with E-state index in [0.29, 0.717) is 0 Å². The molecule has 0 aliphatic carbocycles. The maximum atomic E-state index is 6.84. The molecule has 4 nitrogen and oxygen atoms in total. The van der Waals surface area contributed by atoms with Crippen LogP contribution >= 0.6 is 0 Å². The first-order chi connectivity index (χ1) is 21.7. The summed E-state index contributed by atoms with van der Waals surface area (Å²) in [5.74, 6) is 13.8. The standard InChI is InChI=1S/C40H36N4/c41-43-27-37(31-18-9-3-10-19-31)35(24-29-14-5-1-6-15-29)39(43)33-22-13-23-34(26-33)40-36(25-30-16-7-2-8-17-30)38(28-44(40)42)32-20-11-4-12-21-32/h1-23,26-28,35,39H,24-25,41-42H2. The van der Waals surface area contributed by atoms with Gasteiger partial charge in [0.25, 0.3) is 0 Å². The topological polar surface area (TPSA) is 60.2 Å². The monoisotopic (exact) mass is 572 g/mol. The van der Waals surface area contributed by atoms with Crippen molar-refractivity contribution in [3.05, 3.63) is 186 Å². The van der Waals surface area contributed by atoms with Gasteiger partial charge in [-0.25, -0.2) is 5.84 Å². The lowest BCUT2D eigenvalue weighted by molar-refractivity contribution is 0.266. The van der Waals surface area contributed by atoms with Gasteiger partial charge in [-0.2, -0.15) is 0 Å². The molecule has 0 bridgehead atoms. The van der Waals surface area contributed by atoms with Gasteiger partial charge in [0.15, 0.2) is 0 Å². The van der Waals surface area contributed by atoms with Crippen molar-refractivity contribution in [2.24, 2.45) is 11.8 Å². The van der Waals surface area contributed by atoms with E-state index in [0.717, 1.165) is 35.2 Å². The lowest BCUT2D eigenvalue weighted by Crippen LogP contribution is -2.31. The zero-order chi connectivity index (χ0) is 29.9. The van der Waals surface area contributed by atoms with Crippen LogP contribution in [0, 0.1) is 5.92 Å². The Bertz CT molecular complexity index is 1880. The molecule has 2 atom stereocenters. The van der Waals surface area contributed by atoms with Crippen LogP contribution in [0.5, 0.6) is 0 Å². The number of rotatable bonds is 8. The highest BCUT2D eigenvalue weighted by Gasteiger charge is 2.36. The maximum Gasteiger partial charge on any atom is 0.0767 e. The van der Waals surface area contributed by atoms with Crippen molar-refractivity contribution in [2.75, 3.05) is 5.84 Å². The minimum Gasteiger partial charge on any atom is -0.339 e. The summed E-state index contributed by atoms with van der Waals surface area (Å²) in [6.45, 7) is 0. The van der Waals surface area contributed by atoms with E-state index < -0.39 is 0 Å². The van der Waals surface area contributed by atoms with E-state index in [1.807, 2.05) is 11.1 Å². The highest BCUT2D eigenvalue weighted by Crippen LogP contribution is 2.45. The molecule has 2 unspecified atom stereocenters. The quantitative estimate of drug-likeness (QED) is 0.181. The summed E-state index contributed by atoms with van der Waals surface area (Å²) in [5.41, 5.74) is 11.8. The summed E-state index contributed by atoms with van der Waals surface area (Å²) < 4.78 is 1.80. The van der Waals surface area contributed by atoms with Crippen molar-refractivity contribution >= 4 is 5.57 Å². The third kappa shape index (κ3) is 5.44. The molecular weight excluding hydrogens is 536 g/mol. The van der Waals surface area contributed by atoms with Gasteiger partial charge in [-0.1, -0.05) is 140 Å². The minimum atomic E-state index is -0.0299. The average Bonchev–Trinajstić information content (AvgIpc) is 3.58. The summed E-state index contributed by atoms with van der Waals surface area (Å²) in [6.07, 6.45) is 5.85. The highest BCUT2D eigenvalue weighted by atomic mass is 15.4. The summed E-state index contributed by atoms with van der Waals surface area (Å²) in [5, 5.41) is 1.90. The van der Waals surface area contributed by atoms with Gasteiger partial charge >= 0.3 is 0 Å². The van der Waals surface area contributed by atoms with Crippen LogP contribution in [0.4, 0.5) is 0 Å². The zero-order valence-corrected chi connectivity index (χ0v) is 24.6. The Kier molecular flexibility index (Phi) is 7.58. The SMILES string of the molecule is NN1C=C(c2ccccc2)C(Cc2ccccc2)C1c1cccc(-c2c(Cc3ccccc3)c(-c3ccccc3)cn2N)c1. The fraction of sp³-hybridized carbons (Fsp3) is 0.100. The maximum absolute atomic E-state index is 6.84. The Balaban J connectivity index is 1.32. The van der Waals surface area contributed by atoms with E-state index in [-0.39, 0.29) is 12.0 Å². The summed E-state index contributed by atoms with van der Waals surface area (Å²) >= 11 is 0. The molecule has 2 heterocycles. The molecule has 4 heteroatoms. The second-order valence-electron chi connectivity index (χ2n) is 11.6. The van der Waals surface area contributed by atoms with Crippen molar-refractivity contribution in [3.63, 3.8) is 0 Å². The molecule has 44 heavy (non-hydrogen) atoms. The molecule has 216 valence electrons. The summed E-state index contributed by atoms with van der Waals surface area (Å²) in [4.78, 5) is 0. The van der Waals surface area contributed by atoms with Gasteiger partial charge in [0.05, 0.1) is 11.7 Å².